The molecule has 0 atom stereocenters. The van der Waals surface area contributed by atoms with Crippen LogP contribution in [0.5, 0.6) is 5.75 Å². The molecule has 1 amide bonds. The van der Waals surface area contributed by atoms with Crippen LogP contribution in [0, 0.1) is 6.92 Å². The Kier molecular flexibility index (Phi) is 5.49. The molecule has 0 saturated heterocycles. The number of furan rings is 1. The van der Waals surface area contributed by atoms with Gasteiger partial charge >= 0.3 is 0 Å². The van der Waals surface area contributed by atoms with Gasteiger partial charge in [-0.3, -0.25) is 9.79 Å². The predicted octanol–water partition coefficient (Wildman–Crippen LogP) is 4.64. The van der Waals surface area contributed by atoms with E-state index in [2.05, 4.69) is 16.4 Å². The number of hydrogen-bond acceptors (Lipinski definition) is 5. The van der Waals surface area contributed by atoms with Gasteiger partial charge in [-0.05, 0) is 51.7 Å². The van der Waals surface area contributed by atoms with Crippen LogP contribution in [-0.2, 0) is 17.6 Å². The molecular weight excluding hydrogens is 372 g/mol. The Labute approximate surface area is 169 Å². The third-order valence-corrected chi connectivity index (χ3v) is 6.19. The van der Waals surface area contributed by atoms with Crippen molar-refractivity contribution in [3.8, 4) is 5.75 Å². The van der Waals surface area contributed by atoms with Gasteiger partial charge in [0.15, 0.2) is 5.17 Å². The van der Waals surface area contributed by atoms with Gasteiger partial charge < -0.3 is 14.5 Å². The fraction of sp³-hybridized carbons (Fsp3) is 0.455. The highest BCUT2D eigenvalue weighted by molar-refractivity contribution is 8.14. The van der Waals surface area contributed by atoms with Crippen LogP contribution < -0.4 is 10.1 Å². The lowest BCUT2D eigenvalue weighted by Crippen LogP contribution is -2.25. The highest BCUT2D eigenvalue weighted by atomic mass is 32.2. The number of carbonyl (C=O) groups excluding carboxylic acids is 1. The number of ether oxygens (including phenoxy) is 1. The van der Waals surface area contributed by atoms with Gasteiger partial charge in [-0.25, -0.2) is 0 Å². The molecular formula is C22H26N2O3S. The van der Waals surface area contributed by atoms with E-state index in [-0.39, 0.29) is 5.91 Å². The number of benzene rings is 1. The maximum absolute atomic E-state index is 12.4. The van der Waals surface area contributed by atoms with Crippen molar-refractivity contribution in [2.75, 3.05) is 18.9 Å². The SMILES string of the molecule is CCOc1c(/C(C)=C/C(=O)NC2=NCCS2)cc2c3c(oc2c1C)CCCC3. The first-order valence-electron chi connectivity index (χ1n) is 9.96. The van der Waals surface area contributed by atoms with E-state index in [1.165, 1.54) is 18.4 Å². The average molecular weight is 399 g/mol. The van der Waals surface area contributed by atoms with Gasteiger partial charge in [-0.15, -0.1) is 0 Å². The van der Waals surface area contributed by atoms with Crippen LogP contribution >= 0.6 is 11.8 Å². The Morgan fingerprint density at radius 2 is 2.21 bits per heavy atom. The summed E-state index contributed by atoms with van der Waals surface area (Å²) in [5, 5.41) is 4.73. The first-order chi connectivity index (χ1) is 13.6. The first-order valence-corrected chi connectivity index (χ1v) is 10.9. The lowest BCUT2D eigenvalue weighted by molar-refractivity contribution is -0.115. The fourth-order valence-electron chi connectivity index (χ4n) is 3.99. The van der Waals surface area contributed by atoms with Gasteiger partial charge in [-0.2, -0.15) is 0 Å². The van der Waals surface area contributed by atoms with Crippen molar-refractivity contribution < 1.29 is 13.9 Å². The Morgan fingerprint density at radius 1 is 1.39 bits per heavy atom. The van der Waals surface area contributed by atoms with Gasteiger partial charge in [-0.1, -0.05) is 11.8 Å². The topological polar surface area (TPSA) is 63.8 Å². The predicted molar refractivity (Wildman–Crippen MR) is 115 cm³/mol. The number of aryl methyl sites for hydroxylation is 3. The Morgan fingerprint density at radius 3 is 2.96 bits per heavy atom. The summed E-state index contributed by atoms with van der Waals surface area (Å²) in [6.45, 7) is 7.30. The van der Waals surface area contributed by atoms with Crippen LogP contribution in [0.2, 0.25) is 0 Å². The molecule has 2 heterocycles. The number of nitrogens with one attached hydrogen (secondary N) is 1. The maximum atomic E-state index is 12.4. The molecule has 0 unspecified atom stereocenters. The fourth-order valence-corrected chi connectivity index (χ4v) is 4.72. The number of amidine groups is 1. The van der Waals surface area contributed by atoms with E-state index in [4.69, 9.17) is 9.15 Å². The molecule has 0 bridgehead atoms. The molecule has 4 rings (SSSR count). The molecule has 1 aliphatic heterocycles. The second kappa shape index (κ2) is 8.03. The van der Waals surface area contributed by atoms with Crippen LogP contribution in [0.15, 0.2) is 21.6 Å². The Hall–Kier alpha value is -2.21. The zero-order valence-corrected chi connectivity index (χ0v) is 17.5. The second-order valence-corrected chi connectivity index (χ2v) is 8.33. The Balaban J connectivity index is 1.76. The molecule has 1 aliphatic carbocycles. The molecule has 0 fully saturated rings. The maximum Gasteiger partial charge on any atom is 0.250 e. The van der Waals surface area contributed by atoms with E-state index in [0.29, 0.717) is 11.8 Å². The number of allylic oxidation sites excluding steroid dienone is 1. The molecule has 0 radical (unpaired) electrons. The monoisotopic (exact) mass is 398 g/mol. The number of hydrogen-bond donors (Lipinski definition) is 1. The summed E-state index contributed by atoms with van der Waals surface area (Å²) in [6, 6.07) is 2.14. The third-order valence-electron chi connectivity index (χ3n) is 5.30. The lowest BCUT2D eigenvalue weighted by Gasteiger charge is -2.15. The second-order valence-electron chi connectivity index (χ2n) is 7.25. The molecule has 148 valence electrons. The van der Waals surface area contributed by atoms with Crippen molar-refractivity contribution >= 4 is 39.4 Å². The van der Waals surface area contributed by atoms with Gasteiger partial charge in [0.05, 0.1) is 13.2 Å². The number of amides is 1. The smallest absolute Gasteiger partial charge is 0.250 e. The van der Waals surface area contributed by atoms with Crippen molar-refractivity contribution in [3.05, 3.63) is 34.6 Å². The minimum Gasteiger partial charge on any atom is -0.493 e. The highest BCUT2D eigenvalue weighted by Gasteiger charge is 2.23. The molecule has 1 aromatic carbocycles. The van der Waals surface area contributed by atoms with E-state index < -0.39 is 0 Å². The average Bonchev–Trinajstić information content (AvgIpc) is 3.31. The molecule has 0 spiro atoms. The molecule has 0 saturated carbocycles. The van der Waals surface area contributed by atoms with Crippen LogP contribution in [0.1, 0.15) is 49.1 Å². The first kappa shape index (κ1) is 19.1. The van der Waals surface area contributed by atoms with E-state index in [1.54, 1.807) is 17.8 Å². The summed E-state index contributed by atoms with van der Waals surface area (Å²) in [4.78, 5) is 16.7. The number of thioether (sulfide) groups is 1. The van der Waals surface area contributed by atoms with Crippen molar-refractivity contribution in [1.82, 2.24) is 5.32 Å². The van der Waals surface area contributed by atoms with Crippen LogP contribution in [0.3, 0.4) is 0 Å². The van der Waals surface area contributed by atoms with Crippen molar-refractivity contribution in [2.24, 2.45) is 4.99 Å². The van der Waals surface area contributed by atoms with Crippen LogP contribution in [-0.4, -0.2) is 30.0 Å². The van der Waals surface area contributed by atoms with E-state index in [1.807, 2.05) is 20.8 Å². The summed E-state index contributed by atoms with van der Waals surface area (Å²) in [5.74, 6) is 2.68. The third kappa shape index (κ3) is 3.58. The number of rotatable bonds is 4. The minimum atomic E-state index is -0.153. The largest absolute Gasteiger partial charge is 0.493 e. The summed E-state index contributed by atoms with van der Waals surface area (Å²) in [6.07, 6.45) is 6.06. The molecule has 2 aliphatic rings. The molecule has 5 nitrogen and oxygen atoms in total. The van der Waals surface area contributed by atoms with E-state index >= 15 is 0 Å². The van der Waals surface area contributed by atoms with Gasteiger partial charge in [0.25, 0.3) is 0 Å². The zero-order chi connectivity index (χ0) is 19.7. The minimum absolute atomic E-state index is 0.153. The normalized spacial score (nSPS) is 16.8. The summed E-state index contributed by atoms with van der Waals surface area (Å²) in [5.41, 5.74) is 5.08. The van der Waals surface area contributed by atoms with Gasteiger partial charge in [0.1, 0.15) is 17.1 Å². The lowest BCUT2D eigenvalue weighted by atomic mass is 9.93. The molecule has 6 heteroatoms. The van der Waals surface area contributed by atoms with Crippen LogP contribution in [0.25, 0.3) is 16.5 Å². The number of fused-ring (bicyclic) bond motifs is 3. The molecule has 2 aromatic rings. The molecule has 1 N–H and O–H groups in total. The molecule has 1 aromatic heterocycles. The number of nitrogens with zero attached hydrogens (tertiary/aromatic N) is 1. The highest BCUT2D eigenvalue weighted by Crippen LogP contribution is 2.41. The van der Waals surface area contributed by atoms with Crippen molar-refractivity contribution in [3.63, 3.8) is 0 Å². The van der Waals surface area contributed by atoms with E-state index in [0.717, 1.165) is 64.3 Å². The van der Waals surface area contributed by atoms with Crippen molar-refractivity contribution in [1.29, 1.82) is 0 Å². The summed E-state index contributed by atoms with van der Waals surface area (Å²) >= 11 is 1.58. The Bertz CT molecular complexity index is 988. The number of aliphatic imine (C=N–C) groups is 1. The van der Waals surface area contributed by atoms with Crippen LogP contribution in [0.4, 0.5) is 0 Å². The van der Waals surface area contributed by atoms with Gasteiger partial charge in [0.2, 0.25) is 5.91 Å². The molecule has 28 heavy (non-hydrogen) atoms. The number of carbonyl (C=O) groups is 1. The van der Waals surface area contributed by atoms with E-state index in [9.17, 15) is 4.79 Å². The summed E-state index contributed by atoms with van der Waals surface area (Å²) in [7, 11) is 0. The van der Waals surface area contributed by atoms with Crippen molar-refractivity contribution in [2.45, 2.75) is 46.5 Å². The quantitative estimate of drug-likeness (QED) is 0.762. The standard InChI is InChI=1S/C22H26N2O3S/c1-4-26-20-14(3)21-17(15-7-5-6-8-18(15)27-21)12-16(20)13(2)11-19(25)24-22-23-9-10-28-22/h11-12H,4-10H2,1-3H3,(H,23,24,25)/b13-11+. The zero-order valence-electron chi connectivity index (χ0n) is 16.7. The summed E-state index contributed by atoms with van der Waals surface area (Å²) < 4.78 is 12.2. The van der Waals surface area contributed by atoms with Gasteiger partial charge in [0, 0.05) is 40.3 Å².